The van der Waals surface area contributed by atoms with Crippen LogP contribution in [-0.2, 0) is 6.61 Å². The van der Waals surface area contributed by atoms with Gasteiger partial charge in [-0.1, -0.05) is 24.3 Å². The summed E-state index contributed by atoms with van der Waals surface area (Å²) >= 11 is 5.25. The molecule has 2 aromatic carbocycles. The zero-order valence-electron chi connectivity index (χ0n) is 14.4. The van der Waals surface area contributed by atoms with Gasteiger partial charge in [0, 0.05) is 5.56 Å². The van der Waals surface area contributed by atoms with Crippen molar-refractivity contribution in [2.45, 2.75) is 6.61 Å². The summed E-state index contributed by atoms with van der Waals surface area (Å²) in [6, 6.07) is 15.0. The maximum absolute atomic E-state index is 5.71. The fourth-order valence-corrected chi connectivity index (χ4v) is 2.53. The maximum Gasteiger partial charge on any atom is 0.216 e. The molecule has 8 heteroatoms. The fourth-order valence-electron chi connectivity index (χ4n) is 2.33. The molecule has 26 heavy (non-hydrogen) atoms. The topological polar surface area (TPSA) is 73.7 Å². The van der Waals surface area contributed by atoms with Crippen molar-refractivity contribution in [3.63, 3.8) is 0 Å². The molecule has 1 heterocycles. The largest absolute Gasteiger partial charge is 0.493 e. The standard InChI is InChI=1S/C18H18N4O3S/c1-23-15-10-6-7-13(17(15)24-2)11-19-22-16(20-21-18(22)26)12-25-14-8-4-3-5-9-14/h3-11H,12H2,1-2H3,(H,21,26)/b19-11-. The summed E-state index contributed by atoms with van der Waals surface area (Å²) in [5.41, 5.74) is 0.755. The van der Waals surface area contributed by atoms with Gasteiger partial charge in [-0.2, -0.15) is 14.9 Å². The van der Waals surface area contributed by atoms with Crippen molar-refractivity contribution in [3.05, 3.63) is 64.7 Å². The Hall–Kier alpha value is -3.13. The number of para-hydroxylation sites is 2. The highest BCUT2D eigenvalue weighted by atomic mass is 32.1. The normalized spacial score (nSPS) is 10.8. The number of hydrogen-bond acceptors (Lipinski definition) is 6. The van der Waals surface area contributed by atoms with Gasteiger partial charge in [-0.15, -0.1) is 0 Å². The number of rotatable bonds is 7. The number of aromatic amines is 1. The van der Waals surface area contributed by atoms with Gasteiger partial charge in [0.15, 0.2) is 17.3 Å². The average molecular weight is 370 g/mol. The summed E-state index contributed by atoms with van der Waals surface area (Å²) in [5.74, 6) is 2.51. The molecule has 0 aliphatic carbocycles. The van der Waals surface area contributed by atoms with Crippen molar-refractivity contribution < 1.29 is 14.2 Å². The number of methoxy groups -OCH3 is 2. The number of nitrogens with one attached hydrogen (secondary N) is 1. The second kappa shape index (κ2) is 8.30. The highest BCUT2D eigenvalue weighted by Crippen LogP contribution is 2.29. The Balaban J connectivity index is 1.83. The molecular weight excluding hydrogens is 352 g/mol. The van der Waals surface area contributed by atoms with Crippen LogP contribution in [0.15, 0.2) is 53.6 Å². The molecule has 0 amide bonds. The van der Waals surface area contributed by atoms with Crippen LogP contribution in [0.2, 0.25) is 0 Å². The molecule has 1 aromatic heterocycles. The molecule has 0 fully saturated rings. The van der Waals surface area contributed by atoms with Gasteiger partial charge in [0.2, 0.25) is 4.77 Å². The predicted octanol–water partition coefficient (Wildman–Crippen LogP) is 3.42. The monoisotopic (exact) mass is 370 g/mol. The molecule has 0 saturated carbocycles. The SMILES string of the molecule is COc1cccc(/C=N\n2c(COc3ccccc3)n[nH]c2=S)c1OC. The first kappa shape index (κ1) is 17.7. The van der Waals surface area contributed by atoms with Crippen LogP contribution in [0, 0.1) is 4.77 Å². The van der Waals surface area contributed by atoms with Crippen molar-refractivity contribution in [2.24, 2.45) is 5.10 Å². The summed E-state index contributed by atoms with van der Waals surface area (Å²) in [7, 11) is 3.17. The summed E-state index contributed by atoms with van der Waals surface area (Å²) < 4.78 is 18.3. The number of ether oxygens (including phenoxy) is 3. The molecule has 0 spiro atoms. The average Bonchev–Trinajstić information content (AvgIpc) is 3.04. The van der Waals surface area contributed by atoms with Crippen LogP contribution in [0.1, 0.15) is 11.4 Å². The summed E-state index contributed by atoms with van der Waals surface area (Å²) in [6.45, 7) is 0.226. The lowest BCUT2D eigenvalue weighted by Gasteiger charge is -2.09. The Morgan fingerprint density at radius 3 is 2.65 bits per heavy atom. The molecule has 0 bridgehead atoms. The lowest BCUT2D eigenvalue weighted by atomic mass is 10.2. The Kier molecular flexibility index (Phi) is 5.65. The van der Waals surface area contributed by atoms with Crippen molar-refractivity contribution in [3.8, 4) is 17.2 Å². The third kappa shape index (κ3) is 3.92. The van der Waals surface area contributed by atoms with Crippen LogP contribution in [0.5, 0.6) is 17.2 Å². The van der Waals surface area contributed by atoms with E-state index in [1.807, 2.05) is 48.5 Å². The predicted molar refractivity (Wildman–Crippen MR) is 101 cm³/mol. The van der Waals surface area contributed by atoms with Crippen LogP contribution in [0.3, 0.4) is 0 Å². The van der Waals surface area contributed by atoms with Gasteiger partial charge in [0.05, 0.1) is 20.4 Å². The molecule has 0 radical (unpaired) electrons. The molecule has 0 unspecified atom stereocenters. The number of aromatic nitrogens is 3. The van der Waals surface area contributed by atoms with Gasteiger partial charge in [-0.25, -0.2) is 5.10 Å². The highest BCUT2D eigenvalue weighted by molar-refractivity contribution is 7.71. The Labute approximate surface area is 155 Å². The fraction of sp³-hybridized carbons (Fsp3) is 0.167. The number of hydrogen-bond donors (Lipinski definition) is 1. The van der Waals surface area contributed by atoms with E-state index in [4.69, 9.17) is 26.4 Å². The van der Waals surface area contributed by atoms with Gasteiger partial charge in [0.1, 0.15) is 12.4 Å². The lowest BCUT2D eigenvalue weighted by molar-refractivity contribution is 0.290. The van der Waals surface area contributed by atoms with Gasteiger partial charge in [-0.05, 0) is 36.5 Å². The molecular formula is C18H18N4O3S. The Morgan fingerprint density at radius 1 is 1.12 bits per heavy atom. The first-order valence-corrected chi connectivity index (χ1v) is 8.23. The second-order valence-corrected chi connectivity index (χ2v) is 5.57. The van der Waals surface area contributed by atoms with E-state index >= 15 is 0 Å². The van der Waals surface area contributed by atoms with Crippen LogP contribution in [0.25, 0.3) is 0 Å². The van der Waals surface area contributed by atoms with Crippen LogP contribution in [-0.4, -0.2) is 35.3 Å². The number of benzene rings is 2. The van der Waals surface area contributed by atoms with E-state index in [-0.39, 0.29) is 6.61 Å². The van der Waals surface area contributed by atoms with E-state index in [0.717, 1.165) is 11.3 Å². The maximum atomic E-state index is 5.71. The smallest absolute Gasteiger partial charge is 0.216 e. The molecule has 0 atom stereocenters. The van der Waals surface area contributed by atoms with Gasteiger partial charge >= 0.3 is 0 Å². The first-order chi connectivity index (χ1) is 12.7. The van der Waals surface area contributed by atoms with E-state index in [2.05, 4.69) is 15.3 Å². The first-order valence-electron chi connectivity index (χ1n) is 7.82. The summed E-state index contributed by atoms with van der Waals surface area (Å²) in [6.07, 6.45) is 1.64. The lowest BCUT2D eigenvalue weighted by Crippen LogP contribution is -2.04. The molecule has 0 aliphatic rings. The van der Waals surface area contributed by atoms with E-state index in [1.54, 1.807) is 20.4 Å². The molecule has 1 N–H and O–H groups in total. The van der Waals surface area contributed by atoms with Crippen molar-refractivity contribution >= 4 is 18.4 Å². The highest BCUT2D eigenvalue weighted by Gasteiger charge is 2.09. The van der Waals surface area contributed by atoms with Gasteiger partial charge in [0.25, 0.3) is 0 Å². The molecule has 0 saturated heterocycles. The quantitative estimate of drug-likeness (QED) is 0.510. The number of nitrogens with zero attached hydrogens (tertiary/aromatic N) is 3. The van der Waals surface area contributed by atoms with E-state index in [0.29, 0.717) is 22.1 Å². The molecule has 3 rings (SSSR count). The Morgan fingerprint density at radius 2 is 1.92 bits per heavy atom. The Bertz CT molecular complexity index is 951. The third-order valence-electron chi connectivity index (χ3n) is 3.57. The molecule has 134 valence electrons. The second-order valence-electron chi connectivity index (χ2n) is 5.19. The van der Waals surface area contributed by atoms with Crippen molar-refractivity contribution in [2.75, 3.05) is 14.2 Å². The summed E-state index contributed by atoms with van der Waals surface area (Å²) in [4.78, 5) is 0. The third-order valence-corrected chi connectivity index (χ3v) is 3.84. The molecule has 3 aromatic rings. The van der Waals surface area contributed by atoms with Crippen molar-refractivity contribution in [1.82, 2.24) is 14.9 Å². The van der Waals surface area contributed by atoms with Gasteiger partial charge < -0.3 is 14.2 Å². The van der Waals surface area contributed by atoms with E-state index < -0.39 is 0 Å². The van der Waals surface area contributed by atoms with Crippen LogP contribution >= 0.6 is 12.2 Å². The van der Waals surface area contributed by atoms with Crippen LogP contribution in [0.4, 0.5) is 0 Å². The molecule has 0 aliphatic heterocycles. The number of H-pyrrole nitrogens is 1. The van der Waals surface area contributed by atoms with Gasteiger partial charge in [-0.3, -0.25) is 0 Å². The zero-order chi connectivity index (χ0) is 18.4. The van der Waals surface area contributed by atoms with E-state index in [9.17, 15) is 0 Å². The minimum Gasteiger partial charge on any atom is -0.493 e. The van der Waals surface area contributed by atoms with Crippen LogP contribution < -0.4 is 14.2 Å². The molecule has 7 nitrogen and oxygen atoms in total. The summed E-state index contributed by atoms with van der Waals surface area (Å²) in [5, 5.41) is 11.3. The minimum absolute atomic E-state index is 0.226. The zero-order valence-corrected chi connectivity index (χ0v) is 15.2. The van der Waals surface area contributed by atoms with E-state index in [1.165, 1.54) is 4.68 Å². The minimum atomic E-state index is 0.226. The van der Waals surface area contributed by atoms with Crippen molar-refractivity contribution in [1.29, 1.82) is 0 Å².